The molecule has 12 heteroatoms. The second-order valence-electron chi connectivity index (χ2n) is 7.94. The molecule has 1 saturated heterocycles. The average Bonchev–Trinajstić information content (AvgIpc) is 3.58. The van der Waals surface area contributed by atoms with Gasteiger partial charge < -0.3 is 18.7 Å². The Bertz CT molecular complexity index is 1310. The molecular formula is C24H24N6O6. The van der Waals surface area contributed by atoms with Gasteiger partial charge in [0.25, 0.3) is 11.8 Å². The largest absolute Gasteiger partial charge is 0.494 e. The molecule has 5 rings (SSSR count). The van der Waals surface area contributed by atoms with Gasteiger partial charge in [-0.2, -0.15) is 10.1 Å². The van der Waals surface area contributed by atoms with Gasteiger partial charge in [-0.25, -0.2) is 4.90 Å². The molecule has 0 saturated carbocycles. The fourth-order valence-corrected chi connectivity index (χ4v) is 4.12. The number of carbonyl (C=O) groups excluding carboxylic acids is 2. The molecule has 3 aromatic rings. The van der Waals surface area contributed by atoms with E-state index in [9.17, 15) is 9.59 Å². The number of methoxy groups -OCH3 is 1. The molecule has 186 valence electrons. The molecule has 1 aromatic heterocycles. The van der Waals surface area contributed by atoms with Gasteiger partial charge in [0.05, 0.1) is 26.0 Å². The minimum absolute atomic E-state index is 0.0158. The van der Waals surface area contributed by atoms with E-state index in [2.05, 4.69) is 20.5 Å². The number of nitrogens with zero attached hydrogens (tertiary/aromatic N) is 6. The first kappa shape index (κ1) is 23.3. The molecule has 0 radical (unpaired) electrons. The van der Waals surface area contributed by atoms with Crippen molar-refractivity contribution in [2.75, 3.05) is 25.2 Å². The van der Waals surface area contributed by atoms with E-state index >= 15 is 0 Å². The van der Waals surface area contributed by atoms with Gasteiger partial charge in [0.2, 0.25) is 11.7 Å². The van der Waals surface area contributed by atoms with E-state index in [0.717, 1.165) is 4.90 Å². The molecule has 0 bridgehead atoms. The summed E-state index contributed by atoms with van der Waals surface area (Å²) in [6.07, 6.45) is 0. The predicted molar refractivity (Wildman–Crippen MR) is 126 cm³/mol. The summed E-state index contributed by atoms with van der Waals surface area (Å²) in [4.78, 5) is 31.7. The van der Waals surface area contributed by atoms with Crippen LogP contribution in [0.3, 0.4) is 0 Å². The van der Waals surface area contributed by atoms with Crippen molar-refractivity contribution in [3.63, 3.8) is 0 Å². The standard InChI is InChI=1S/C24H24N6O6/c1-4-34-16-9-7-15(8-10-16)30-23(31)20-21(24(30)32)29(28-26-20)13-19-25-22(27-36-19)14-6-11-17(35-5-2)18(12-14)33-3/h6-12,20-21H,4-5,13H2,1-3H3/t20-,21-/m1/s1. The van der Waals surface area contributed by atoms with Crippen LogP contribution in [0.4, 0.5) is 5.69 Å². The molecule has 2 aliphatic heterocycles. The Labute approximate surface area is 206 Å². The Kier molecular flexibility index (Phi) is 6.23. The second kappa shape index (κ2) is 9.64. The topological polar surface area (TPSA) is 132 Å². The number of fused-ring (bicyclic) bond motifs is 1. The number of aromatic nitrogens is 2. The summed E-state index contributed by atoms with van der Waals surface area (Å²) < 4.78 is 21.7. The zero-order chi connectivity index (χ0) is 25.2. The summed E-state index contributed by atoms with van der Waals surface area (Å²) in [6, 6.07) is 10.3. The molecule has 1 fully saturated rings. The Morgan fingerprint density at radius 2 is 1.75 bits per heavy atom. The number of imide groups is 1. The highest BCUT2D eigenvalue weighted by Crippen LogP contribution is 2.34. The van der Waals surface area contributed by atoms with Gasteiger partial charge in [0, 0.05) is 5.56 Å². The third-order valence-electron chi connectivity index (χ3n) is 5.75. The summed E-state index contributed by atoms with van der Waals surface area (Å²) in [5.41, 5.74) is 1.11. The number of hydrogen-bond donors (Lipinski definition) is 0. The van der Waals surface area contributed by atoms with Crippen molar-refractivity contribution in [3.05, 3.63) is 48.4 Å². The fourth-order valence-electron chi connectivity index (χ4n) is 4.12. The summed E-state index contributed by atoms with van der Waals surface area (Å²) >= 11 is 0. The van der Waals surface area contributed by atoms with E-state index in [-0.39, 0.29) is 12.4 Å². The van der Waals surface area contributed by atoms with Crippen molar-refractivity contribution in [2.45, 2.75) is 32.5 Å². The molecular weight excluding hydrogens is 468 g/mol. The average molecular weight is 492 g/mol. The quantitative estimate of drug-likeness (QED) is 0.413. The van der Waals surface area contributed by atoms with Crippen LogP contribution in [0.1, 0.15) is 19.7 Å². The lowest BCUT2D eigenvalue weighted by molar-refractivity contribution is -0.123. The third-order valence-corrected chi connectivity index (χ3v) is 5.75. The van der Waals surface area contributed by atoms with Gasteiger partial charge in [-0.05, 0) is 56.3 Å². The number of amides is 2. The van der Waals surface area contributed by atoms with Crippen LogP contribution in [0.5, 0.6) is 17.2 Å². The third kappa shape index (κ3) is 4.10. The maximum atomic E-state index is 13.2. The van der Waals surface area contributed by atoms with Crippen LogP contribution in [0.2, 0.25) is 0 Å². The minimum Gasteiger partial charge on any atom is -0.494 e. The highest BCUT2D eigenvalue weighted by atomic mass is 16.5. The van der Waals surface area contributed by atoms with Crippen LogP contribution in [0.25, 0.3) is 11.4 Å². The number of benzene rings is 2. The highest BCUT2D eigenvalue weighted by molar-refractivity contribution is 6.25. The number of rotatable bonds is 9. The van der Waals surface area contributed by atoms with Gasteiger partial charge in [-0.1, -0.05) is 10.4 Å². The maximum absolute atomic E-state index is 13.2. The monoisotopic (exact) mass is 492 g/mol. The first-order valence-corrected chi connectivity index (χ1v) is 11.5. The second-order valence-corrected chi connectivity index (χ2v) is 7.94. The predicted octanol–water partition coefficient (Wildman–Crippen LogP) is 3.04. The molecule has 36 heavy (non-hydrogen) atoms. The first-order chi connectivity index (χ1) is 17.5. The van der Waals surface area contributed by atoms with Gasteiger partial charge in [-0.3, -0.25) is 14.6 Å². The number of ether oxygens (including phenoxy) is 3. The summed E-state index contributed by atoms with van der Waals surface area (Å²) in [7, 11) is 1.55. The van der Waals surface area contributed by atoms with Gasteiger partial charge in [-0.15, -0.1) is 0 Å². The summed E-state index contributed by atoms with van der Waals surface area (Å²) in [6.45, 7) is 4.81. The molecule has 3 heterocycles. The van der Waals surface area contributed by atoms with Crippen LogP contribution in [-0.2, 0) is 16.1 Å². The number of carbonyl (C=O) groups is 2. The van der Waals surface area contributed by atoms with Gasteiger partial charge in [0.15, 0.2) is 23.6 Å². The van der Waals surface area contributed by atoms with E-state index < -0.39 is 23.9 Å². The van der Waals surface area contributed by atoms with E-state index in [1.54, 1.807) is 49.6 Å². The van der Waals surface area contributed by atoms with Crippen LogP contribution in [0, 0.1) is 0 Å². The molecule has 12 nitrogen and oxygen atoms in total. The van der Waals surface area contributed by atoms with E-state index in [0.29, 0.717) is 47.5 Å². The van der Waals surface area contributed by atoms with E-state index in [1.165, 1.54) is 5.01 Å². The lowest BCUT2D eigenvalue weighted by Crippen LogP contribution is -2.39. The zero-order valence-electron chi connectivity index (χ0n) is 20.0. The molecule has 0 aliphatic carbocycles. The molecule has 0 unspecified atom stereocenters. The number of hydrogen-bond acceptors (Lipinski definition) is 11. The molecule has 2 aromatic carbocycles. The first-order valence-electron chi connectivity index (χ1n) is 11.5. The Morgan fingerprint density at radius 1 is 0.972 bits per heavy atom. The van der Waals surface area contributed by atoms with Crippen molar-refractivity contribution >= 4 is 17.5 Å². The highest BCUT2D eigenvalue weighted by Gasteiger charge is 2.55. The molecule has 0 spiro atoms. The van der Waals surface area contributed by atoms with Crippen molar-refractivity contribution in [1.29, 1.82) is 0 Å². The SMILES string of the molecule is CCOc1ccc(N2C(=O)[C@@H]3N=NN(Cc4nc(-c5ccc(OCC)c(OC)c5)no4)[C@H]3C2=O)cc1. The number of anilines is 1. The molecule has 2 aliphatic rings. The van der Waals surface area contributed by atoms with Crippen molar-refractivity contribution in [3.8, 4) is 28.6 Å². The van der Waals surface area contributed by atoms with Crippen LogP contribution in [0.15, 0.2) is 57.3 Å². The van der Waals surface area contributed by atoms with Gasteiger partial charge in [0.1, 0.15) is 12.3 Å². The zero-order valence-corrected chi connectivity index (χ0v) is 20.0. The molecule has 2 amide bonds. The normalized spacial score (nSPS) is 18.6. The van der Waals surface area contributed by atoms with E-state index in [1.807, 2.05) is 13.8 Å². The lowest BCUT2D eigenvalue weighted by Gasteiger charge is -2.19. The Morgan fingerprint density at radius 3 is 2.47 bits per heavy atom. The van der Waals surface area contributed by atoms with Crippen LogP contribution in [-0.4, -0.2) is 59.4 Å². The maximum Gasteiger partial charge on any atom is 0.263 e. The van der Waals surface area contributed by atoms with E-state index in [4.69, 9.17) is 18.7 Å². The molecule has 2 atom stereocenters. The van der Waals surface area contributed by atoms with Crippen LogP contribution < -0.4 is 19.1 Å². The molecule has 0 N–H and O–H groups in total. The van der Waals surface area contributed by atoms with Crippen molar-refractivity contribution in [2.24, 2.45) is 10.3 Å². The van der Waals surface area contributed by atoms with Crippen LogP contribution >= 0.6 is 0 Å². The Balaban J connectivity index is 1.31. The minimum atomic E-state index is -0.929. The summed E-state index contributed by atoms with van der Waals surface area (Å²) in [5.74, 6) is 1.50. The summed E-state index contributed by atoms with van der Waals surface area (Å²) in [5, 5.41) is 13.5. The van der Waals surface area contributed by atoms with Crippen molar-refractivity contribution in [1.82, 2.24) is 15.1 Å². The fraction of sp³-hybridized carbons (Fsp3) is 0.333. The smallest absolute Gasteiger partial charge is 0.263 e. The Hall–Kier alpha value is -4.48. The lowest BCUT2D eigenvalue weighted by atomic mass is 10.1. The van der Waals surface area contributed by atoms with Crippen molar-refractivity contribution < 1.29 is 28.3 Å². The van der Waals surface area contributed by atoms with Gasteiger partial charge >= 0.3 is 0 Å².